The van der Waals surface area contributed by atoms with Crippen LogP contribution < -0.4 is 5.32 Å². The number of carbonyl (C=O) groups is 1. The molecule has 0 radical (unpaired) electrons. The van der Waals surface area contributed by atoms with Crippen molar-refractivity contribution in [2.45, 2.75) is 44.2 Å². The fourth-order valence-corrected chi connectivity index (χ4v) is 2.93. The second-order valence-electron chi connectivity index (χ2n) is 5.73. The molecule has 1 N–H and O–H groups in total. The molecule has 0 saturated heterocycles. The van der Waals surface area contributed by atoms with Gasteiger partial charge in [0.1, 0.15) is 5.54 Å². The summed E-state index contributed by atoms with van der Waals surface area (Å²) in [6.07, 6.45) is 4.42. The Hall–Kier alpha value is -1.06. The van der Waals surface area contributed by atoms with Crippen LogP contribution in [0.1, 0.15) is 38.2 Å². The van der Waals surface area contributed by atoms with Crippen LogP contribution in [-0.2, 0) is 15.1 Å². The molecule has 1 unspecified atom stereocenters. The zero-order chi connectivity index (χ0) is 14.2. The van der Waals surface area contributed by atoms with Crippen LogP contribution in [0.3, 0.4) is 0 Å². The fraction of sp³-hybridized carbons (Fsp3) is 0.562. The molecule has 1 aromatic rings. The lowest BCUT2D eigenvalue weighted by atomic mass is 9.84. The van der Waals surface area contributed by atoms with E-state index >= 15 is 0 Å². The Labute approximate surface area is 124 Å². The average molecular weight is 294 g/mol. The standard InChI is InChI=1S/C16H20ClNO2/c1-2-20-15(19)16(11-3-4-11,18-14-9-10-14)12-5-7-13(17)8-6-12/h5-8,11,14,18H,2-4,9-10H2,1H3. The van der Waals surface area contributed by atoms with Gasteiger partial charge in [-0.3, -0.25) is 5.32 Å². The summed E-state index contributed by atoms with van der Waals surface area (Å²) in [7, 11) is 0. The van der Waals surface area contributed by atoms with Crippen LogP contribution in [0.5, 0.6) is 0 Å². The highest BCUT2D eigenvalue weighted by Gasteiger charge is 2.55. The van der Waals surface area contributed by atoms with Crippen molar-refractivity contribution in [2.75, 3.05) is 6.61 Å². The molecule has 3 nitrogen and oxygen atoms in total. The third-order valence-corrected chi connectivity index (χ3v) is 4.35. The molecule has 0 spiro atoms. The molecule has 3 rings (SSSR count). The lowest BCUT2D eigenvalue weighted by molar-refractivity contribution is -0.153. The largest absolute Gasteiger partial charge is 0.464 e. The maximum absolute atomic E-state index is 12.7. The van der Waals surface area contributed by atoms with Gasteiger partial charge in [-0.05, 0) is 56.2 Å². The molecule has 1 atom stereocenters. The van der Waals surface area contributed by atoms with Gasteiger partial charge in [-0.25, -0.2) is 4.79 Å². The number of halogens is 1. The number of benzene rings is 1. The van der Waals surface area contributed by atoms with Crippen molar-refractivity contribution in [1.82, 2.24) is 5.32 Å². The molecule has 1 aromatic carbocycles. The number of ether oxygens (including phenoxy) is 1. The Kier molecular flexibility index (Phi) is 3.74. The molecule has 2 aliphatic carbocycles. The number of hydrogen-bond donors (Lipinski definition) is 1. The maximum atomic E-state index is 12.7. The highest BCUT2D eigenvalue weighted by Crippen LogP contribution is 2.48. The quantitative estimate of drug-likeness (QED) is 0.818. The lowest BCUT2D eigenvalue weighted by Crippen LogP contribution is -2.53. The molecule has 108 valence electrons. The van der Waals surface area contributed by atoms with Crippen molar-refractivity contribution < 1.29 is 9.53 Å². The SMILES string of the molecule is CCOC(=O)C(NC1CC1)(c1ccc(Cl)cc1)C1CC1. The van der Waals surface area contributed by atoms with E-state index in [1.165, 1.54) is 0 Å². The molecule has 2 fully saturated rings. The van der Waals surface area contributed by atoms with Crippen LogP contribution in [0, 0.1) is 5.92 Å². The molecule has 2 saturated carbocycles. The van der Waals surface area contributed by atoms with Gasteiger partial charge in [0.25, 0.3) is 0 Å². The molecule has 0 bridgehead atoms. The third kappa shape index (κ3) is 2.57. The minimum Gasteiger partial charge on any atom is -0.464 e. The number of rotatable bonds is 6. The summed E-state index contributed by atoms with van der Waals surface area (Å²) in [6, 6.07) is 8.04. The first-order valence-corrected chi connectivity index (χ1v) is 7.75. The molecule has 0 amide bonds. The summed E-state index contributed by atoms with van der Waals surface area (Å²) < 4.78 is 5.39. The van der Waals surface area contributed by atoms with Gasteiger partial charge < -0.3 is 4.74 Å². The molecule has 0 aliphatic heterocycles. The Balaban J connectivity index is 1.99. The smallest absolute Gasteiger partial charge is 0.331 e. The molecule has 2 aliphatic rings. The minimum atomic E-state index is -0.679. The van der Waals surface area contributed by atoms with Crippen molar-refractivity contribution in [3.8, 4) is 0 Å². The highest BCUT2D eigenvalue weighted by atomic mass is 35.5. The summed E-state index contributed by atoms with van der Waals surface area (Å²) in [5.74, 6) is 0.194. The van der Waals surface area contributed by atoms with Crippen molar-refractivity contribution in [3.05, 3.63) is 34.9 Å². The van der Waals surface area contributed by atoms with E-state index in [4.69, 9.17) is 16.3 Å². The third-order valence-electron chi connectivity index (χ3n) is 4.10. The predicted molar refractivity (Wildman–Crippen MR) is 78.6 cm³/mol. The summed E-state index contributed by atoms with van der Waals surface area (Å²) in [5, 5.41) is 4.26. The van der Waals surface area contributed by atoms with Gasteiger partial charge in [-0.1, -0.05) is 23.7 Å². The molecular weight excluding hydrogens is 274 g/mol. The fourth-order valence-electron chi connectivity index (χ4n) is 2.80. The summed E-state index contributed by atoms with van der Waals surface area (Å²) in [5.41, 5.74) is 0.302. The van der Waals surface area contributed by atoms with Gasteiger partial charge in [0, 0.05) is 11.1 Å². The van der Waals surface area contributed by atoms with E-state index in [0.29, 0.717) is 23.6 Å². The summed E-state index contributed by atoms with van der Waals surface area (Å²) >= 11 is 5.98. The molecule has 0 heterocycles. The van der Waals surface area contributed by atoms with Gasteiger partial charge in [0.15, 0.2) is 0 Å². The van der Waals surface area contributed by atoms with Gasteiger partial charge in [-0.2, -0.15) is 0 Å². The number of hydrogen-bond acceptors (Lipinski definition) is 3. The number of carbonyl (C=O) groups excluding carboxylic acids is 1. The van der Waals surface area contributed by atoms with Crippen LogP contribution >= 0.6 is 11.6 Å². The molecular formula is C16H20ClNO2. The van der Waals surface area contributed by atoms with Gasteiger partial charge in [0.2, 0.25) is 0 Å². The van der Waals surface area contributed by atoms with Gasteiger partial charge in [0.05, 0.1) is 6.61 Å². The average Bonchev–Trinajstić information content (AvgIpc) is 3.30. The van der Waals surface area contributed by atoms with E-state index < -0.39 is 5.54 Å². The Morgan fingerprint density at radius 2 is 1.95 bits per heavy atom. The first-order chi connectivity index (χ1) is 9.66. The van der Waals surface area contributed by atoms with Gasteiger partial charge in [-0.15, -0.1) is 0 Å². The highest BCUT2D eigenvalue weighted by molar-refractivity contribution is 6.30. The topological polar surface area (TPSA) is 38.3 Å². The summed E-state index contributed by atoms with van der Waals surface area (Å²) in [6.45, 7) is 2.27. The van der Waals surface area contributed by atoms with E-state index in [2.05, 4.69) is 5.32 Å². The van der Waals surface area contributed by atoms with E-state index in [-0.39, 0.29) is 5.97 Å². The van der Waals surface area contributed by atoms with Crippen LogP contribution in [-0.4, -0.2) is 18.6 Å². The zero-order valence-electron chi connectivity index (χ0n) is 11.7. The first kappa shape index (κ1) is 13.9. The van der Waals surface area contributed by atoms with Crippen LogP contribution in [0.25, 0.3) is 0 Å². The predicted octanol–water partition coefficient (Wildman–Crippen LogP) is 3.26. The zero-order valence-corrected chi connectivity index (χ0v) is 12.5. The monoisotopic (exact) mass is 293 g/mol. The normalized spacial score (nSPS) is 21.3. The molecule has 0 aromatic heterocycles. The van der Waals surface area contributed by atoms with Crippen molar-refractivity contribution in [1.29, 1.82) is 0 Å². The van der Waals surface area contributed by atoms with Crippen molar-refractivity contribution in [3.63, 3.8) is 0 Å². The van der Waals surface area contributed by atoms with E-state index in [0.717, 1.165) is 31.2 Å². The van der Waals surface area contributed by atoms with E-state index in [9.17, 15) is 4.79 Å². The Morgan fingerprint density at radius 3 is 2.45 bits per heavy atom. The lowest BCUT2D eigenvalue weighted by Gasteiger charge is -2.33. The van der Waals surface area contributed by atoms with Crippen LogP contribution in [0.4, 0.5) is 0 Å². The molecule has 4 heteroatoms. The maximum Gasteiger partial charge on any atom is 0.331 e. The van der Waals surface area contributed by atoms with E-state index in [1.807, 2.05) is 31.2 Å². The number of esters is 1. The number of nitrogens with one attached hydrogen (secondary N) is 1. The second-order valence-corrected chi connectivity index (χ2v) is 6.16. The second kappa shape index (κ2) is 5.38. The van der Waals surface area contributed by atoms with Crippen LogP contribution in [0.2, 0.25) is 5.02 Å². The Bertz CT molecular complexity index is 494. The van der Waals surface area contributed by atoms with Gasteiger partial charge >= 0.3 is 5.97 Å². The minimum absolute atomic E-state index is 0.142. The van der Waals surface area contributed by atoms with E-state index in [1.54, 1.807) is 0 Å². The summed E-state index contributed by atoms with van der Waals surface area (Å²) in [4.78, 5) is 12.7. The first-order valence-electron chi connectivity index (χ1n) is 7.37. The Morgan fingerprint density at radius 1 is 1.30 bits per heavy atom. The van der Waals surface area contributed by atoms with Crippen molar-refractivity contribution in [2.24, 2.45) is 5.92 Å². The van der Waals surface area contributed by atoms with Crippen molar-refractivity contribution >= 4 is 17.6 Å². The molecule has 20 heavy (non-hydrogen) atoms. The van der Waals surface area contributed by atoms with Crippen LogP contribution in [0.15, 0.2) is 24.3 Å².